The predicted octanol–water partition coefficient (Wildman–Crippen LogP) is 2.78. The van der Waals surface area contributed by atoms with E-state index in [-0.39, 0.29) is 11.9 Å². The summed E-state index contributed by atoms with van der Waals surface area (Å²) >= 11 is 1.66. The fraction of sp³-hybridized carbons (Fsp3) is 0.667. The van der Waals surface area contributed by atoms with E-state index in [9.17, 15) is 4.79 Å². The Hall–Kier alpha value is -1.61. The highest BCUT2D eigenvalue weighted by molar-refractivity contribution is 7.18. The molecular formula is C21H28N4O3S. The standard InChI is InChI=1S/C21H28N4O3S/c1-13(26)17-10-16-18(11-28-17)29-21-19(16)20(22-12-23-21)24-14-2-4-15(5-3-14)25-6-8-27-9-7-25/h12,14-15,17H,2-11H2,1H3,(H,22,23,24). The average Bonchev–Trinajstić information content (AvgIpc) is 3.13. The van der Waals surface area contributed by atoms with Gasteiger partial charge < -0.3 is 14.8 Å². The zero-order chi connectivity index (χ0) is 19.8. The molecule has 2 aromatic heterocycles. The van der Waals surface area contributed by atoms with Crippen LogP contribution in [0, 0.1) is 0 Å². The molecule has 7 nitrogen and oxygen atoms in total. The van der Waals surface area contributed by atoms with Crippen molar-refractivity contribution in [2.75, 3.05) is 31.6 Å². The summed E-state index contributed by atoms with van der Waals surface area (Å²) in [5, 5.41) is 4.81. The summed E-state index contributed by atoms with van der Waals surface area (Å²) in [7, 11) is 0. The molecule has 1 saturated heterocycles. The fourth-order valence-corrected chi connectivity index (χ4v) is 5.97. The maximum absolute atomic E-state index is 11.8. The number of anilines is 1. The third-order valence-electron chi connectivity index (χ3n) is 6.53. The zero-order valence-electron chi connectivity index (χ0n) is 16.9. The molecule has 1 N–H and O–H groups in total. The lowest BCUT2D eigenvalue weighted by Gasteiger charge is -2.39. The second-order valence-electron chi connectivity index (χ2n) is 8.32. The summed E-state index contributed by atoms with van der Waals surface area (Å²) < 4.78 is 11.2. The summed E-state index contributed by atoms with van der Waals surface area (Å²) in [5.74, 6) is 1.01. The minimum atomic E-state index is -0.350. The molecule has 0 bridgehead atoms. The van der Waals surface area contributed by atoms with Crippen LogP contribution in [0.15, 0.2) is 6.33 Å². The van der Waals surface area contributed by atoms with Gasteiger partial charge in [-0.15, -0.1) is 11.3 Å². The fourth-order valence-electron chi connectivity index (χ4n) is 4.88. The molecule has 1 aliphatic carbocycles. The Labute approximate surface area is 174 Å². The number of nitrogens with one attached hydrogen (secondary N) is 1. The first kappa shape index (κ1) is 19.4. The highest BCUT2D eigenvalue weighted by Crippen LogP contribution is 2.39. The van der Waals surface area contributed by atoms with Crippen molar-refractivity contribution >= 4 is 33.2 Å². The Balaban J connectivity index is 1.31. The predicted molar refractivity (Wildman–Crippen MR) is 112 cm³/mol. The molecule has 2 fully saturated rings. The van der Waals surface area contributed by atoms with Crippen molar-refractivity contribution in [1.29, 1.82) is 0 Å². The van der Waals surface area contributed by atoms with Crippen LogP contribution in [0.3, 0.4) is 0 Å². The van der Waals surface area contributed by atoms with E-state index >= 15 is 0 Å². The molecule has 1 saturated carbocycles. The molecule has 1 unspecified atom stereocenters. The van der Waals surface area contributed by atoms with Gasteiger partial charge in [-0.1, -0.05) is 0 Å². The lowest BCUT2D eigenvalue weighted by Crippen LogP contribution is -2.46. The SMILES string of the molecule is CC(=O)C1Cc2c(sc3ncnc(NC4CCC(N5CCOCC5)CC4)c23)CO1. The number of ketones is 1. The van der Waals surface area contributed by atoms with Crippen molar-refractivity contribution in [3.63, 3.8) is 0 Å². The van der Waals surface area contributed by atoms with Crippen LogP contribution in [0.2, 0.25) is 0 Å². The third kappa shape index (κ3) is 3.91. The number of aromatic nitrogens is 2. The molecule has 5 rings (SSSR count). The van der Waals surface area contributed by atoms with Crippen molar-refractivity contribution in [2.45, 2.75) is 63.8 Å². The van der Waals surface area contributed by atoms with Crippen LogP contribution in [-0.4, -0.2) is 65.1 Å². The largest absolute Gasteiger partial charge is 0.379 e. The van der Waals surface area contributed by atoms with Crippen molar-refractivity contribution in [3.05, 3.63) is 16.8 Å². The molecule has 2 aliphatic heterocycles. The van der Waals surface area contributed by atoms with Crippen molar-refractivity contribution in [1.82, 2.24) is 14.9 Å². The monoisotopic (exact) mass is 416 g/mol. The van der Waals surface area contributed by atoms with Gasteiger partial charge in [0.1, 0.15) is 23.1 Å². The molecule has 0 aromatic carbocycles. The van der Waals surface area contributed by atoms with E-state index in [2.05, 4.69) is 20.2 Å². The number of hydrogen-bond donors (Lipinski definition) is 1. The number of carbonyl (C=O) groups is 1. The van der Waals surface area contributed by atoms with E-state index in [1.54, 1.807) is 24.6 Å². The molecule has 4 heterocycles. The van der Waals surface area contributed by atoms with E-state index in [4.69, 9.17) is 9.47 Å². The number of carbonyl (C=O) groups excluding carboxylic acids is 1. The maximum Gasteiger partial charge on any atom is 0.158 e. The zero-order valence-corrected chi connectivity index (χ0v) is 17.7. The van der Waals surface area contributed by atoms with Crippen molar-refractivity contribution in [2.24, 2.45) is 0 Å². The number of rotatable bonds is 4. The maximum atomic E-state index is 11.8. The first-order valence-electron chi connectivity index (χ1n) is 10.6. The van der Waals surface area contributed by atoms with Crippen LogP contribution in [-0.2, 0) is 27.3 Å². The highest BCUT2D eigenvalue weighted by atomic mass is 32.1. The minimum Gasteiger partial charge on any atom is -0.379 e. The van der Waals surface area contributed by atoms with E-state index in [0.717, 1.165) is 55.2 Å². The summed E-state index contributed by atoms with van der Waals surface area (Å²) in [6.45, 7) is 5.96. The normalized spacial score (nSPS) is 28.2. The number of morpholine rings is 1. The second kappa shape index (κ2) is 8.26. The van der Waals surface area contributed by atoms with Gasteiger partial charge in [0.2, 0.25) is 0 Å². The number of fused-ring (bicyclic) bond motifs is 3. The van der Waals surface area contributed by atoms with Crippen LogP contribution in [0.1, 0.15) is 43.0 Å². The molecule has 29 heavy (non-hydrogen) atoms. The highest BCUT2D eigenvalue weighted by Gasteiger charge is 2.30. The molecular weight excluding hydrogens is 388 g/mol. The molecule has 1 atom stereocenters. The molecule has 8 heteroatoms. The van der Waals surface area contributed by atoms with Gasteiger partial charge in [-0.25, -0.2) is 9.97 Å². The van der Waals surface area contributed by atoms with E-state index in [1.165, 1.54) is 23.3 Å². The van der Waals surface area contributed by atoms with E-state index in [1.807, 2.05) is 0 Å². The summed E-state index contributed by atoms with van der Waals surface area (Å²) in [4.78, 5) is 25.7. The Kier molecular flexibility index (Phi) is 5.51. The van der Waals surface area contributed by atoms with Crippen LogP contribution < -0.4 is 5.32 Å². The van der Waals surface area contributed by atoms with E-state index in [0.29, 0.717) is 25.1 Å². The van der Waals surface area contributed by atoms with Gasteiger partial charge in [0.15, 0.2) is 5.78 Å². The third-order valence-corrected chi connectivity index (χ3v) is 7.64. The first-order chi connectivity index (χ1) is 14.2. The van der Waals surface area contributed by atoms with Gasteiger partial charge >= 0.3 is 0 Å². The Morgan fingerprint density at radius 1 is 1.21 bits per heavy atom. The molecule has 0 radical (unpaired) electrons. The number of hydrogen-bond acceptors (Lipinski definition) is 8. The smallest absolute Gasteiger partial charge is 0.158 e. The van der Waals surface area contributed by atoms with Crippen LogP contribution in [0.25, 0.3) is 10.2 Å². The number of Topliss-reactive ketones (excluding diaryl/α,β-unsaturated/α-hetero) is 1. The van der Waals surface area contributed by atoms with Gasteiger partial charge in [0.05, 0.1) is 25.2 Å². The Morgan fingerprint density at radius 3 is 2.76 bits per heavy atom. The topological polar surface area (TPSA) is 76.6 Å². The van der Waals surface area contributed by atoms with Crippen LogP contribution in [0.5, 0.6) is 0 Å². The summed E-state index contributed by atoms with van der Waals surface area (Å²) in [6, 6.07) is 1.12. The molecule has 2 aromatic rings. The van der Waals surface area contributed by atoms with Crippen LogP contribution in [0.4, 0.5) is 5.82 Å². The molecule has 0 spiro atoms. The molecule has 0 amide bonds. The van der Waals surface area contributed by atoms with Gasteiger partial charge in [0, 0.05) is 36.5 Å². The van der Waals surface area contributed by atoms with Crippen molar-refractivity contribution < 1.29 is 14.3 Å². The number of thiophene rings is 1. The second-order valence-corrected chi connectivity index (χ2v) is 9.40. The number of nitrogens with zero attached hydrogens (tertiary/aromatic N) is 3. The van der Waals surface area contributed by atoms with Gasteiger partial charge in [-0.3, -0.25) is 9.69 Å². The summed E-state index contributed by atoms with van der Waals surface area (Å²) in [5.41, 5.74) is 1.20. The van der Waals surface area contributed by atoms with Crippen LogP contribution >= 0.6 is 11.3 Å². The van der Waals surface area contributed by atoms with E-state index < -0.39 is 0 Å². The summed E-state index contributed by atoms with van der Waals surface area (Å²) in [6.07, 6.45) is 6.66. The lowest BCUT2D eigenvalue weighted by molar-refractivity contribution is -0.129. The van der Waals surface area contributed by atoms with Crippen molar-refractivity contribution in [3.8, 4) is 0 Å². The number of ether oxygens (including phenoxy) is 2. The molecule has 156 valence electrons. The minimum absolute atomic E-state index is 0.0859. The van der Waals surface area contributed by atoms with Gasteiger partial charge in [0.25, 0.3) is 0 Å². The quantitative estimate of drug-likeness (QED) is 0.821. The Bertz CT molecular complexity index is 887. The first-order valence-corrected chi connectivity index (χ1v) is 11.5. The van der Waals surface area contributed by atoms with Gasteiger partial charge in [-0.05, 0) is 38.2 Å². The lowest BCUT2D eigenvalue weighted by atomic mass is 9.89. The van der Waals surface area contributed by atoms with Gasteiger partial charge in [-0.2, -0.15) is 0 Å². The molecule has 3 aliphatic rings. The average molecular weight is 417 g/mol. The Morgan fingerprint density at radius 2 is 2.00 bits per heavy atom.